The van der Waals surface area contributed by atoms with Crippen LogP contribution in [0.1, 0.15) is 0 Å². The van der Waals surface area contributed by atoms with E-state index in [1.807, 2.05) is 24.3 Å². The Bertz CT molecular complexity index is 851. The average Bonchev–Trinajstić information content (AvgIpc) is 3.04. The van der Waals surface area contributed by atoms with Gasteiger partial charge in [-0.1, -0.05) is 12.1 Å². The van der Waals surface area contributed by atoms with E-state index in [1.165, 1.54) is 6.33 Å². The lowest BCUT2D eigenvalue weighted by Crippen LogP contribution is -2.35. The summed E-state index contributed by atoms with van der Waals surface area (Å²) >= 11 is 0. The lowest BCUT2D eigenvalue weighted by atomic mass is 10.2. The molecule has 1 unspecified atom stereocenters. The Hall–Kier alpha value is -2.87. The number of anilines is 1. The van der Waals surface area contributed by atoms with Crippen LogP contribution in [0.15, 0.2) is 36.8 Å². The molecule has 0 saturated carbocycles. The van der Waals surface area contributed by atoms with Gasteiger partial charge in [0.2, 0.25) is 0 Å². The van der Waals surface area contributed by atoms with Crippen molar-refractivity contribution in [3.05, 3.63) is 36.8 Å². The molecular weight excluding hydrogens is 310 g/mol. The molecule has 3 heterocycles. The van der Waals surface area contributed by atoms with Crippen LogP contribution >= 0.6 is 0 Å². The van der Waals surface area contributed by atoms with Gasteiger partial charge >= 0.3 is 0 Å². The average molecular weight is 327 g/mol. The standard InChI is InChI=1S/C16H17N5O3/c22-6-5-21-16-12(8-20-21)15(18-10-19-16)17-7-11-9-23-13-3-1-2-4-14(13)24-11/h1-4,8,10-11,22H,5-7,9H2,(H,17,18,19). The second-order valence-corrected chi connectivity index (χ2v) is 5.43. The largest absolute Gasteiger partial charge is 0.486 e. The fourth-order valence-corrected chi connectivity index (χ4v) is 2.67. The molecule has 1 atom stereocenters. The SMILES string of the molecule is OCCn1ncc2c(NCC3COc4ccccc4O3)ncnc21. The fourth-order valence-electron chi connectivity index (χ4n) is 2.67. The first kappa shape index (κ1) is 14.7. The number of nitrogens with one attached hydrogen (secondary N) is 1. The molecule has 24 heavy (non-hydrogen) atoms. The van der Waals surface area contributed by atoms with Crippen LogP contribution in [0.4, 0.5) is 5.82 Å². The molecule has 0 fully saturated rings. The number of aliphatic hydroxyl groups excluding tert-OH is 1. The summed E-state index contributed by atoms with van der Waals surface area (Å²) in [6.45, 7) is 1.43. The Kier molecular flexibility index (Phi) is 3.87. The van der Waals surface area contributed by atoms with Crippen LogP contribution in [0.25, 0.3) is 11.0 Å². The fraction of sp³-hybridized carbons (Fsp3) is 0.312. The lowest BCUT2D eigenvalue weighted by Gasteiger charge is -2.26. The molecule has 124 valence electrons. The smallest absolute Gasteiger partial charge is 0.163 e. The maximum Gasteiger partial charge on any atom is 0.163 e. The van der Waals surface area contributed by atoms with E-state index in [4.69, 9.17) is 14.6 Å². The summed E-state index contributed by atoms with van der Waals surface area (Å²) in [5, 5.41) is 17.4. The van der Waals surface area contributed by atoms with Crippen LogP contribution < -0.4 is 14.8 Å². The minimum atomic E-state index is -0.114. The van der Waals surface area contributed by atoms with Crippen LogP contribution in [-0.2, 0) is 6.54 Å². The number of fused-ring (bicyclic) bond motifs is 2. The molecule has 0 spiro atoms. The van der Waals surface area contributed by atoms with Crippen molar-refractivity contribution in [2.45, 2.75) is 12.6 Å². The molecule has 1 aromatic carbocycles. The van der Waals surface area contributed by atoms with E-state index in [2.05, 4.69) is 20.4 Å². The number of nitrogens with zero attached hydrogens (tertiary/aromatic N) is 4. The molecule has 0 aliphatic carbocycles. The molecule has 2 aromatic heterocycles. The van der Waals surface area contributed by atoms with E-state index in [0.717, 1.165) is 16.9 Å². The second-order valence-electron chi connectivity index (χ2n) is 5.43. The van der Waals surface area contributed by atoms with Gasteiger partial charge in [-0.3, -0.25) is 0 Å². The van der Waals surface area contributed by atoms with E-state index >= 15 is 0 Å². The normalized spacial score (nSPS) is 16.3. The van der Waals surface area contributed by atoms with Gasteiger partial charge in [-0.25, -0.2) is 14.6 Å². The van der Waals surface area contributed by atoms with Crippen LogP contribution in [0, 0.1) is 0 Å². The number of hydrogen-bond donors (Lipinski definition) is 2. The number of aliphatic hydroxyl groups is 1. The highest BCUT2D eigenvalue weighted by Gasteiger charge is 2.21. The third-order valence-electron chi connectivity index (χ3n) is 3.81. The van der Waals surface area contributed by atoms with E-state index in [-0.39, 0.29) is 12.7 Å². The van der Waals surface area contributed by atoms with Gasteiger partial charge in [0.05, 0.1) is 31.3 Å². The van der Waals surface area contributed by atoms with Gasteiger partial charge in [0.25, 0.3) is 0 Å². The first-order chi connectivity index (χ1) is 11.8. The molecule has 4 rings (SSSR count). The van der Waals surface area contributed by atoms with Gasteiger partial charge in [-0.2, -0.15) is 5.10 Å². The minimum Gasteiger partial charge on any atom is -0.486 e. The van der Waals surface area contributed by atoms with E-state index in [0.29, 0.717) is 31.2 Å². The second kappa shape index (κ2) is 6.32. The van der Waals surface area contributed by atoms with Crippen LogP contribution in [0.3, 0.4) is 0 Å². The molecule has 8 heteroatoms. The summed E-state index contributed by atoms with van der Waals surface area (Å²) < 4.78 is 13.3. The third-order valence-corrected chi connectivity index (χ3v) is 3.81. The Balaban J connectivity index is 1.48. The number of benzene rings is 1. The van der Waals surface area contributed by atoms with Crippen molar-refractivity contribution < 1.29 is 14.6 Å². The zero-order chi connectivity index (χ0) is 16.4. The molecule has 0 bridgehead atoms. The van der Waals surface area contributed by atoms with E-state index in [1.54, 1.807) is 10.9 Å². The molecule has 2 N–H and O–H groups in total. The number of hydrogen-bond acceptors (Lipinski definition) is 7. The predicted molar refractivity (Wildman–Crippen MR) is 87.3 cm³/mol. The highest BCUT2D eigenvalue weighted by atomic mass is 16.6. The predicted octanol–water partition coefficient (Wildman–Crippen LogP) is 1.07. The molecule has 3 aromatic rings. The first-order valence-corrected chi connectivity index (χ1v) is 7.75. The highest BCUT2D eigenvalue weighted by Crippen LogP contribution is 2.31. The summed E-state index contributed by atoms with van der Waals surface area (Å²) in [6, 6.07) is 7.62. The van der Waals surface area contributed by atoms with Crippen molar-refractivity contribution in [3.8, 4) is 11.5 Å². The number of para-hydroxylation sites is 2. The quantitative estimate of drug-likeness (QED) is 0.724. The molecule has 0 amide bonds. The van der Waals surface area contributed by atoms with Crippen molar-refractivity contribution in [1.82, 2.24) is 19.7 Å². The van der Waals surface area contributed by atoms with E-state index in [9.17, 15) is 0 Å². The Morgan fingerprint density at radius 1 is 1.25 bits per heavy atom. The molecule has 8 nitrogen and oxygen atoms in total. The zero-order valence-electron chi connectivity index (χ0n) is 12.9. The number of rotatable bonds is 5. The highest BCUT2D eigenvalue weighted by molar-refractivity contribution is 5.86. The minimum absolute atomic E-state index is 0.0101. The van der Waals surface area contributed by atoms with Crippen molar-refractivity contribution in [1.29, 1.82) is 0 Å². The molecular formula is C16H17N5O3. The Morgan fingerprint density at radius 3 is 3.00 bits per heavy atom. The summed E-state index contributed by atoms with van der Waals surface area (Å²) in [6.07, 6.45) is 3.06. The van der Waals surface area contributed by atoms with Gasteiger partial charge < -0.3 is 19.9 Å². The lowest BCUT2D eigenvalue weighted by molar-refractivity contribution is 0.0997. The summed E-state index contributed by atoms with van der Waals surface area (Å²) in [4.78, 5) is 8.50. The summed E-state index contributed by atoms with van der Waals surface area (Å²) in [5.74, 6) is 2.20. The monoisotopic (exact) mass is 327 g/mol. The van der Waals surface area contributed by atoms with Crippen molar-refractivity contribution in [3.63, 3.8) is 0 Å². The summed E-state index contributed by atoms with van der Waals surface area (Å²) in [7, 11) is 0. The van der Waals surface area contributed by atoms with Gasteiger partial charge in [0.1, 0.15) is 24.9 Å². The van der Waals surface area contributed by atoms with Gasteiger partial charge in [0, 0.05) is 0 Å². The van der Waals surface area contributed by atoms with Gasteiger partial charge in [0.15, 0.2) is 17.1 Å². The first-order valence-electron chi connectivity index (χ1n) is 7.75. The maximum absolute atomic E-state index is 9.07. The van der Waals surface area contributed by atoms with Crippen molar-refractivity contribution in [2.75, 3.05) is 25.1 Å². The van der Waals surface area contributed by atoms with Crippen molar-refractivity contribution >= 4 is 16.9 Å². The van der Waals surface area contributed by atoms with Gasteiger partial charge in [-0.05, 0) is 12.1 Å². The molecule has 1 aliphatic rings. The Labute approximate surface area is 138 Å². The Morgan fingerprint density at radius 2 is 2.12 bits per heavy atom. The van der Waals surface area contributed by atoms with E-state index < -0.39 is 0 Å². The van der Waals surface area contributed by atoms with Crippen molar-refractivity contribution in [2.24, 2.45) is 0 Å². The van der Waals surface area contributed by atoms with Crippen LogP contribution in [0.2, 0.25) is 0 Å². The van der Waals surface area contributed by atoms with Gasteiger partial charge in [-0.15, -0.1) is 0 Å². The summed E-state index contributed by atoms with van der Waals surface area (Å²) in [5.41, 5.74) is 0.688. The van der Waals surface area contributed by atoms with Crippen LogP contribution in [0.5, 0.6) is 11.5 Å². The third kappa shape index (κ3) is 2.71. The topological polar surface area (TPSA) is 94.3 Å². The number of aromatic nitrogens is 4. The molecule has 0 saturated heterocycles. The maximum atomic E-state index is 9.07. The zero-order valence-corrected chi connectivity index (χ0v) is 12.9. The van der Waals surface area contributed by atoms with Crippen LogP contribution in [-0.4, -0.2) is 50.7 Å². The molecule has 0 radical (unpaired) electrons. The number of ether oxygens (including phenoxy) is 2. The molecule has 1 aliphatic heterocycles.